The maximum atomic E-state index is 12.2. The van der Waals surface area contributed by atoms with Crippen molar-refractivity contribution in [3.63, 3.8) is 0 Å². The summed E-state index contributed by atoms with van der Waals surface area (Å²) in [7, 11) is 0. The fraction of sp³-hybridized carbons (Fsp3) is 0.562. The van der Waals surface area contributed by atoms with Crippen LogP contribution in [0.1, 0.15) is 50.5 Å². The first kappa shape index (κ1) is 14.1. The van der Waals surface area contributed by atoms with Crippen LogP contribution in [0.15, 0.2) is 30.3 Å². The summed E-state index contributed by atoms with van der Waals surface area (Å²) in [5.41, 5.74) is 6.50. The third-order valence-electron chi connectivity index (χ3n) is 3.87. The topological polar surface area (TPSA) is 52.3 Å². The summed E-state index contributed by atoms with van der Waals surface area (Å²) in [4.78, 5) is 12.2. The fourth-order valence-corrected chi connectivity index (χ4v) is 2.61. The molecule has 0 aliphatic heterocycles. The first-order valence-electron chi connectivity index (χ1n) is 7.21. The van der Waals surface area contributed by atoms with Crippen LogP contribution in [-0.2, 0) is 16.1 Å². The summed E-state index contributed by atoms with van der Waals surface area (Å²) in [5.74, 6) is -0.238. The highest BCUT2D eigenvalue weighted by Crippen LogP contribution is 2.25. The molecule has 0 unspecified atom stereocenters. The highest BCUT2D eigenvalue weighted by Gasteiger charge is 2.35. The van der Waals surface area contributed by atoms with E-state index in [1.807, 2.05) is 30.3 Å². The number of carbonyl (C=O) groups is 1. The van der Waals surface area contributed by atoms with Crippen molar-refractivity contribution >= 4 is 5.97 Å². The zero-order valence-electron chi connectivity index (χ0n) is 11.4. The van der Waals surface area contributed by atoms with Gasteiger partial charge in [0.25, 0.3) is 0 Å². The minimum atomic E-state index is -0.769. The van der Waals surface area contributed by atoms with Crippen molar-refractivity contribution in [1.29, 1.82) is 0 Å². The Morgan fingerprint density at radius 2 is 1.63 bits per heavy atom. The number of rotatable bonds is 3. The van der Waals surface area contributed by atoms with E-state index in [2.05, 4.69) is 0 Å². The van der Waals surface area contributed by atoms with Crippen molar-refractivity contribution < 1.29 is 9.53 Å². The Morgan fingerprint density at radius 3 is 2.26 bits per heavy atom. The van der Waals surface area contributed by atoms with Crippen molar-refractivity contribution in [3.05, 3.63) is 35.9 Å². The molecule has 0 amide bonds. The van der Waals surface area contributed by atoms with Crippen LogP contribution in [0.4, 0.5) is 0 Å². The number of carbonyl (C=O) groups excluding carboxylic acids is 1. The molecule has 19 heavy (non-hydrogen) atoms. The molecule has 3 heteroatoms. The maximum Gasteiger partial charge on any atom is 0.326 e. The molecule has 0 heterocycles. The van der Waals surface area contributed by atoms with Crippen LogP contribution in [0.5, 0.6) is 0 Å². The SMILES string of the molecule is NC1(C(=O)OCc2ccccc2)CCCCCCC1. The standard InChI is InChI=1S/C16H23NO2/c17-16(11-7-2-1-3-8-12-16)15(18)19-13-14-9-5-4-6-10-14/h4-6,9-10H,1-3,7-8,11-13,17H2. The molecular weight excluding hydrogens is 238 g/mol. The lowest BCUT2D eigenvalue weighted by Crippen LogP contribution is -2.49. The first-order chi connectivity index (χ1) is 9.21. The van der Waals surface area contributed by atoms with E-state index in [4.69, 9.17) is 10.5 Å². The lowest BCUT2D eigenvalue weighted by Gasteiger charge is -2.29. The van der Waals surface area contributed by atoms with E-state index in [9.17, 15) is 4.79 Å². The molecule has 0 bridgehead atoms. The highest BCUT2D eigenvalue weighted by atomic mass is 16.5. The second-order valence-corrected chi connectivity index (χ2v) is 5.49. The predicted octanol–water partition coefficient (Wildman–Crippen LogP) is 3.17. The Balaban J connectivity index is 1.90. The number of nitrogens with two attached hydrogens (primary N) is 1. The van der Waals surface area contributed by atoms with Gasteiger partial charge >= 0.3 is 5.97 Å². The third kappa shape index (κ3) is 4.06. The van der Waals surface area contributed by atoms with Crippen molar-refractivity contribution in [1.82, 2.24) is 0 Å². The molecule has 0 atom stereocenters. The minimum Gasteiger partial charge on any atom is -0.459 e. The number of esters is 1. The van der Waals surface area contributed by atoms with Gasteiger partial charge in [0, 0.05) is 0 Å². The van der Waals surface area contributed by atoms with Crippen LogP contribution in [0, 0.1) is 0 Å². The van der Waals surface area contributed by atoms with Gasteiger partial charge in [-0.3, -0.25) is 4.79 Å². The molecule has 1 aromatic rings. The smallest absolute Gasteiger partial charge is 0.326 e. The highest BCUT2D eigenvalue weighted by molar-refractivity contribution is 5.80. The molecule has 3 nitrogen and oxygen atoms in total. The van der Waals surface area contributed by atoms with Gasteiger partial charge in [0.05, 0.1) is 0 Å². The van der Waals surface area contributed by atoms with E-state index in [-0.39, 0.29) is 5.97 Å². The molecule has 1 aliphatic rings. The van der Waals surface area contributed by atoms with Gasteiger partial charge < -0.3 is 10.5 Å². The minimum absolute atomic E-state index is 0.238. The van der Waals surface area contributed by atoms with Gasteiger partial charge in [-0.05, 0) is 18.4 Å². The van der Waals surface area contributed by atoms with Crippen LogP contribution >= 0.6 is 0 Å². The van der Waals surface area contributed by atoms with Crippen LogP contribution in [0.2, 0.25) is 0 Å². The first-order valence-corrected chi connectivity index (χ1v) is 7.21. The van der Waals surface area contributed by atoms with Gasteiger partial charge in [-0.1, -0.05) is 62.4 Å². The number of ether oxygens (including phenoxy) is 1. The quantitative estimate of drug-likeness (QED) is 0.850. The Kier molecular flexibility index (Phi) is 4.97. The Bertz CT molecular complexity index is 394. The van der Waals surface area contributed by atoms with Gasteiger partial charge in [0.2, 0.25) is 0 Å². The van der Waals surface area contributed by atoms with Gasteiger partial charge in [-0.2, -0.15) is 0 Å². The van der Waals surface area contributed by atoms with Crippen LogP contribution in [-0.4, -0.2) is 11.5 Å². The Morgan fingerprint density at radius 1 is 1.05 bits per heavy atom. The van der Waals surface area contributed by atoms with E-state index >= 15 is 0 Å². The van der Waals surface area contributed by atoms with Crippen molar-refractivity contribution in [2.75, 3.05) is 0 Å². The Labute approximate surface area is 115 Å². The lowest BCUT2D eigenvalue weighted by atomic mass is 9.85. The zero-order valence-corrected chi connectivity index (χ0v) is 11.4. The maximum absolute atomic E-state index is 12.2. The van der Waals surface area contributed by atoms with Crippen molar-refractivity contribution in [3.8, 4) is 0 Å². The normalized spacial score (nSPS) is 19.2. The van der Waals surface area contributed by atoms with Gasteiger partial charge in [0.15, 0.2) is 0 Å². The average molecular weight is 261 g/mol. The van der Waals surface area contributed by atoms with Gasteiger partial charge in [-0.15, -0.1) is 0 Å². The van der Waals surface area contributed by atoms with Gasteiger partial charge in [-0.25, -0.2) is 0 Å². The molecule has 0 aromatic heterocycles. The molecule has 2 N–H and O–H groups in total. The van der Waals surface area contributed by atoms with E-state index in [0.29, 0.717) is 6.61 Å². The van der Waals surface area contributed by atoms with Crippen LogP contribution < -0.4 is 5.73 Å². The van der Waals surface area contributed by atoms with E-state index in [1.165, 1.54) is 19.3 Å². The van der Waals surface area contributed by atoms with E-state index in [1.54, 1.807) is 0 Å². The van der Waals surface area contributed by atoms with E-state index < -0.39 is 5.54 Å². The molecule has 1 fully saturated rings. The summed E-state index contributed by atoms with van der Waals surface area (Å²) in [6.45, 7) is 0.318. The number of hydrogen-bond donors (Lipinski definition) is 1. The van der Waals surface area contributed by atoms with Crippen molar-refractivity contribution in [2.45, 2.75) is 57.1 Å². The third-order valence-corrected chi connectivity index (χ3v) is 3.87. The summed E-state index contributed by atoms with van der Waals surface area (Å²) in [6, 6.07) is 9.74. The van der Waals surface area contributed by atoms with Crippen molar-refractivity contribution in [2.24, 2.45) is 5.73 Å². The zero-order chi connectivity index (χ0) is 13.6. The average Bonchev–Trinajstić information content (AvgIpc) is 2.41. The summed E-state index contributed by atoms with van der Waals surface area (Å²) in [6.07, 6.45) is 7.15. The Hall–Kier alpha value is -1.35. The molecule has 2 rings (SSSR count). The second kappa shape index (κ2) is 6.71. The molecular formula is C16H23NO2. The van der Waals surface area contributed by atoms with Crippen LogP contribution in [0.3, 0.4) is 0 Å². The van der Waals surface area contributed by atoms with Gasteiger partial charge in [0.1, 0.15) is 12.1 Å². The summed E-state index contributed by atoms with van der Waals surface area (Å²) < 4.78 is 5.40. The molecule has 1 saturated carbocycles. The fourth-order valence-electron chi connectivity index (χ4n) is 2.61. The second-order valence-electron chi connectivity index (χ2n) is 5.49. The number of hydrogen-bond acceptors (Lipinski definition) is 3. The largest absolute Gasteiger partial charge is 0.459 e. The van der Waals surface area contributed by atoms with Crippen LogP contribution in [0.25, 0.3) is 0 Å². The van der Waals surface area contributed by atoms with E-state index in [0.717, 1.165) is 31.2 Å². The molecule has 0 saturated heterocycles. The molecule has 0 spiro atoms. The molecule has 1 aromatic carbocycles. The molecule has 104 valence electrons. The molecule has 1 aliphatic carbocycles. The summed E-state index contributed by atoms with van der Waals surface area (Å²) >= 11 is 0. The number of benzene rings is 1. The predicted molar refractivity (Wildman–Crippen MR) is 75.5 cm³/mol. The summed E-state index contributed by atoms with van der Waals surface area (Å²) in [5, 5.41) is 0. The lowest BCUT2D eigenvalue weighted by molar-refractivity contribution is -0.152. The monoisotopic (exact) mass is 261 g/mol. The molecule has 0 radical (unpaired) electrons.